The number of nitro groups is 1. The predicted molar refractivity (Wildman–Crippen MR) is 82.1 cm³/mol. The number of nitrogens with one attached hydrogen (secondary N) is 1. The summed E-state index contributed by atoms with van der Waals surface area (Å²) in [5.41, 5.74) is 8.22. The summed E-state index contributed by atoms with van der Waals surface area (Å²) in [6, 6.07) is 13.7. The molecule has 3 rings (SSSR count). The molecule has 0 atom stereocenters. The molecule has 0 radical (unpaired) electrons. The van der Waals surface area contributed by atoms with Crippen molar-refractivity contribution in [3.8, 4) is 11.4 Å². The number of benzene rings is 2. The number of nitrogens with two attached hydrogens (primary N) is 1. The van der Waals surface area contributed by atoms with Crippen LogP contribution in [0.2, 0.25) is 0 Å². The number of H-pyrrole nitrogens is 1. The van der Waals surface area contributed by atoms with E-state index in [1.165, 1.54) is 12.1 Å². The van der Waals surface area contributed by atoms with Crippen molar-refractivity contribution in [1.29, 1.82) is 0 Å². The Hall–Kier alpha value is -3.22. The summed E-state index contributed by atoms with van der Waals surface area (Å²) in [5.74, 6) is 1.26. The minimum Gasteiger partial charge on any atom is -0.399 e. The van der Waals surface area contributed by atoms with Gasteiger partial charge in [-0.15, -0.1) is 0 Å². The molecule has 7 nitrogen and oxygen atoms in total. The van der Waals surface area contributed by atoms with Crippen LogP contribution in [0.3, 0.4) is 0 Å². The van der Waals surface area contributed by atoms with Crippen molar-refractivity contribution >= 4 is 11.4 Å². The average Bonchev–Trinajstić information content (AvgIpc) is 2.96. The van der Waals surface area contributed by atoms with Crippen molar-refractivity contribution in [1.82, 2.24) is 15.2 Å². The zero-order valence-electron chi connectivity index (χ0n) is 11.6. The first-order chi connectivity index (χ1) is 10.6. The summed E-state index contributed by atoms with van der Waals surface area (Å²) >= 11 is 0. The SMILES string of the molecule is Nc1cccc(-c2n[nH]c(Cc3ccc([N+](=O)[O-])cc3)n2)c1. The van der Waals surface area contributed by atoms with E-state index in [0.29, 0.717) is 23.8 Å². The van der Waals surface area contributed by atoms with Crippen molar-refractivity contribution in [2.45, 2.75) is 6.42 Å². The highest BCUT2D eigenvalue weighted by Gasteiger charge is 2.08. The Labute approximate surface area is 126 Å². The van der Waals surface area contributed by atoms with Gasteiger partial charge in [-0.05, 0) is 17.7 Å². The topological polar surface area (TPSA) is 111 Å². The quantitative estimate of drug-likeness (QED) is 0.436. The van der Waals surface area contributed by atoms with E-state index in [1.807, 2.05) is 12.1 Å². The lowest BCUT2D eigenvalue weighted by Gasteiger charge is -1.98. The lowest BCUT2D eigenvalue weighted by molar-refractivity contribution is -0.384. The number of aromatic nitrogens is 3. The fraction of sp³-hybridized carbons (Fsp3) is 0.0667. The van der Waals surface area contributed by atoms with E-state index in [1.54, 1.807) is 24.3 Å². The highest BCUT2D eigenvalue weighted by Crippen LogP contribution is 2.19. The van der Waals surface area contributed by atoms with Crippen LogP contribution in [-0.4, -0.2) is 20.1 Å². The molecule has 0 bridgehead atoms. The van der Waals surface area contributed by atoms with Gasteiger partial charge in [0.1, 0.15) is 5.82 Å². The molecule has 0 aliphatic carbocycles. The van der Waals surface area contributed by atoms with Gasteiger partial charge in [0.2, 0.25) is 0 Å². The second kappa shape index (κ2) is 5.65. The maximum absolute atomic E-state index is 10.6. The first-order valence-electron chi connectivity index (χ1n) is 6.62. The molecule has 0 amide bonds. The van der Waals surface area contributed by atoms with Gasteiger partial charge in [-0.2, -0.15) is 5.10 Å². The molecular formula is C15H13N5O2. The van der Waals surface area contributed by atoms with Crippen LogP contribution >= 0.6 is 0 Å². The molecule has 3 aromatic rings. The van der Waals surface area contributed by atoms with Gasteiger partial charge < -0.3 is 5.73 Å². The molecule has 0 spiro atoms. The van der Waals surface area contributed by atoms with Gasteiger partial charge in [-0.1, -0.05) is 24.3 Å². The van der Waals surface area contributed by atoms with Gasteiger partial charge in [0.25, 0.3) is 5.69 Å². The van der Waals surface area contributed by atoms with E-state index in [9.17, 15) is 10.1 Å². The average molecular weight is 295 g/mol. The molecule has 22 heavy (non-hydrogen) atoms. The Balaban J connectivity index is 1.78. The van der Waals surface area contributed by atoms with Crippen molar-refractivity contribution in [2.24, 2.45) is 0 Å². The Bertz CT molecular complexity index is 811. The predicted octanol–water partition coefficient (Wildman–Crippen LogP) is 2.55. The lowest BCUT2D eigenvalue weighted by atomic mass is 10.1. The Kier molecular flexibility index (Phi) is 3.53. The molecule has 1 heterocycles. The van der Waals surface area contributed by atoms with Crippen molar-refractivity contribution < 1.29 is 4.92 Å². The lowest BCUT2D eigenvalue weighted by Crippen LogP contribution is -1.92. The highest BCUT2D eigenvalue weighted by molar-refractivity contribution is 5.60. The minimum absolute atomic E-state index is 0.0711. The summed E-state index contributed by atoms with van der Waals surface area (Å²) in [4.78, 5) is 14.6. The summed E-state index contributed by atoms with van der Waals surface area (Å²) < 4.78 is 0. The molecule has 110 valence electrons. The number of nitro benzene ring substituents is 1. The van der Waals surface area contributed by atoms with Crippen molar-refractivity contribution in [3.05, 3.63) is 70.0 Å². The van der Waals surface area contributed by atoms with E-state index < -0.39 is 4.92 Å². The fourth-order valence-electron chi connectivity index (χ4n) is 2.11. The van der Waals surface area contributed by atoms with Gasteiger partial charge in [0.15, 0.2) is 5.82 Å². The standard InChI is InChI=1S/C15H13N5O2/c16-12-3-1-2-11(9-12)15-17-14(18-19-15)8-10-4-6-13(7-5-10)20(21)22/h1-7,9H,8,16H2,(H,17,18,19). The molecule has 0 unspecified atom stereocenters. The largest absolute Gasteiger partial charge is 0.399 e. The van der Waals surface area contributed by atoms with Gasteiger partial charge >= 0.3 is 0 Å². The van der Waals surface area contributed by atoms with Crippen molar-refractivity contribution in [2.75, 3.05) is 5.73 Å². The normalized spacial score (nSPS) is 10.5. The molecule has 3 N–H and O–H groups in total. The molecule has 1 aromatic heterocycles. The van der Waals surface area contributed by atoms with Crippen molar-refractivity contribution in [3.63, 3.8) is 0 Å². The number of nitrogen functional groups attached to an aromatic ring is 1. The second-order valence-corrected chi connectivity index (χ2v) is 4.83. The molecule has 7 heteroatoms. The maximum atomic E-state index is 10.6. The molecule has 2 aromatic carbocycles. The third-order valence-electron chi connectivity index (χ3n) is 3.20. The number of hydrogen-bond acceptors (Lipinski definition) is 5. The van der Waals surface area contributed by atoms with Crippen LogP contribution in [0.5, 0.6) is 0 Å². The van der Waals surface area contributed by atoms with Crippen LogP contribution < -0.4 is 5.73 Å². The third kappa shape index (κ3) is 2.93. The smallest absolute Gasteiger partial charge is 0.269 e. The maximum Gasteiger partial charge on any atom is 0.269 e. The monoisotopic (exact) mass is 295 g/mol. The van der Waals surface area contributed by atoms with Crippen LogP contribution in [0.15, 0.2) is 48.5 Å². The molecule has 0 aliphatic rings. The first-order valence-corrected chi connectivity index (χ1v) is 6.62. The Morgan fingerprint density at radius 1 is 1.18 bits per heavy atom. The fourth-order valence-corrected chi connectivity index (χ4v) is 2.11. The number of anilines is 1. The van der Waals surface area contributed by atoms with Crippen LogP contribution in [0.4, 0.5) is 11.4 Å². The Morgan fingerprint density at radius 3 is 2.64 bits per heavy atom. The van der Waals surface area contributed by atoms with Crippen LogP contribution in [0, 0.1) is 10.1 Å². The zero-order valence-corrected chi connectivity index (χ0v) is 11.6. The second-order valence-electron chi connectivity index (χ2n) is 4.83. The Morgan fingerprint density at radius 2 is 1.95 bits per heavy atom. The molecular weight excluding hydrogens is 282 g/mol. The number of nitrogens with zero attached hydrogens (tertiary/aromatic N) is 3. The molecule has 0 fully saturated rings. The van der Waals surface area contributed by atoms with Crippen LogP contribution in [0.1, 0.15) is 11.4 Å². The van der Waals surface area contributed by atoms with E-state index >= 15 is 0 Å². The number of hydrogen-bond donors (Lipinski definition) is 2. The van der Waals surface area contributed by atoms with Gasteiger partial charge in [0, 0.05) is 29.8 Å². The van der Waals surface area contributed by atoms with E-state index in [-0.39, 0.29) is 5.69 Å². The number of non-ortho nitro benzene ring substituents is 1. The summed E-state index contributed by atoms with van der Waals surface area (Å²) in [6.07, 6.45) is 0.521. The molecule has 0 saturated carbocycles. The van der Waals surface area contributed by atoms with E-state index in [2.05, 4.69) is 15.2 Å². The van der Waals surface area contributed by atoms with E-state index in [0.717, 1.165) is 11.1 Å². The van der Waals surface area contributed by atoms with Gasteiger partial charge in [-0.3, -0.25) is 15.2 Å². The number of aromatic amines is 1. The first kappa shape index (κ1) is 13.7. The van der Waals surface area contributed by atoms with Crippen LogP contribution in [0.25, 0.3) is 11.4 Å². The molecule has 0 aliphatic heterocycles. The molecule has 0 saturated heterocycles. The zero-order chi connectivity index (χ0) is 15.5. The van der Waals surface area contributed by atoms with E-state index in [4.69, 9.17) is 5.73 Å². The minimum atomic E-state index is -0.420. The van der Waals surface area contributed by atoms with Crippen LogP contribution in [-0.2, 0) is 6.42 Å². The highest BCUT2D eigenvalue weighted by atomic mass is 16.6. The summed E-state index contributed by atoms with van der Waals surface area (Å²) in [6.45, 7) is 0. The number of rotatable bonds is 4. The summed E-state index contributed by atoms with van der Waals surface area (Å²) in [7, 11) is 0. The van der Waals surface area contributed by atoms with Gasteiger partial charge in [0.05, 0.1) is 4.92 Å². The van der Waals surface area contributed by atoms with Gasteiger partial charge in [-0.25, -0.2) is 4.98 Å². The third-order valence-corrected chi connectivity index (χ3v) is 3.20. The summed E-state index contributed by atoms with van der Waals surface area (Å²) in [5, 5.41) is 17.7.